The smallest absolute Gasteiger partial charge is 0.159 e. The van der Waals surface area contributed by atoms with Crippen molar-refractivity contribution in [3.63, 3.8) is 0 Å². The normalized spacial score (nSPS) is 17.1. The first kappa shape index (κ1) is 12.4. The Hall–Kier alpha value is -1.68. The van der Waals surface area contributed by atoms with E-state index in [4.69, 9.17) is 0 Å². The third-order valence-corrected chi connectivity index (χ3v) is 3.97. The molecule has 4 heteroatoms. The number of hydrogen-bond donors (Lipinski definition) is 0. The predicted molar refractivity (Wildman–Crippen MR) is 78.6 cm³/mol. The lowest BCUT2D eigenvalue weighted by molar-refractivity contribution is 0.270. The van der Waals surface area contributed by atoms with Crippen LogP contribution in [0.4, 0.5) is 5.82 Å². The summed E-state index contributed by atoms with van der Waals surface area (Å²) in [6.07, 6.45) is 0. The van der Waals surface area contributed by atoms with Crippen LogP contribution >= 0.6 is 0 Å². The van der Waals surface area contributed by atoms with Gasteiger partial charge in [-0.3, -0.25) is 0 Å². The Morgan fingerprint density at radius 3 is 2.37 bits per heavy atom. The van der Waals surface area contributed by atoms with Crippen molar-refractivity contribution in [1.82, 2.24) is 15.1 Å². The highest BCUT2D eigenvalue weighted by molar-refractivity contribution is 5.93. The molecule has 2 heterocycles. The highest BCUT2D eigenvalue weighted by Crippen LogP contribution is 2.26. The first-order chi connectivity index (χ1) is 9.29. The Labute approximate surface area is 114 Å². The SMILES string of the molecule is CCN1CCN(c2nnc(C)c3ccccc23)CC1. The van der Waals surface area contributed by atoms with Crippen LogP contribution < -0.4 is 4.90 Å². The molecule has 1 saturated heterocycles. The summed E-state index contributed by atoms with van der Waals surface area (Å²) < 4.78 is 0. The molecular weight excluding hydrogens is 236 g/mol. The number of fused-ring (bicyclic) bond motifs is 1. The Kier molecular flexibility index (Phi) is 3.34. The molecule has 100 valence electrons. The van der Waals surface area contributed by atoms with Gasteiger partial charge in [0.05, 0.1) is 5.69 Å². The van der Waals surface area contributed by atoms with E-state index < -0.39 is 0 Å². The van der Waals surface area contributed by atoms with E-state index in [0.29, 0.717) is 0 Å². The summed E-state index contributed by atoms with van der Waals surface area (Å²) in [5, 5.41) is 11.2. The lowest BCUT2D eigenvalue weighted by Crippen LogP contribution is -2.46. The highest BCUT2D eigenvalue weighted by Gasteiger charge is 2.19. The van der Waals surface area contributed by atoms with E-state index in [-0.39, 0.29) is 0 Å². The fraction of sp³-hybridized carbons (Fsp3) is 0.467. The summed E-state index contributed by atoms with van der Waals surface area (Å²) in [7, 11) is 0. The lowest BCUT2D eigenvalue weighted by Gasteiger charge is -2.35. The summed E-state index contributed by atoms with van der Waals surface area (Å²) in [5.41, 5.74) is 1.01. The fourth-order valence-corrected chi connectivity index (χ4v) is 2.73. The van der Waals surface area contributed by atoms with Gasteiger partial charge in [-0.2, -0.15) is 5.10 Å². The Morgan fingerprint density at radius 2 is 1.68 bits per heavy atom. The van der Waals surface area contributed by atoms with Gasteiger partial charge in [-0.1, -0.05) is 31.2 Å². The molecule has 1 aliphatic rings. The van der Waals surface area contributed by atoms with Gasteiger partial charge in [0.25, 0.3) is 0 Å². The number of rotatable bonds is 2. The van der Waals surface area contributed by atoms with Gasteiger partial charge in [-0.25, -0.2) is 0 Å². The van der Waals surface area contributed by atoms with Crippen LogP contribution in [0.15, 0.2) is 24.3 Å². The number of nitrogens with zero attached hydrogens (tertiary/aromatic N) is 4. The van der Waals surface area contributed by atoms with E-state index in [9.17, 15) is 0 Å². The van der Waals surface area contributed by atoms with Gasteiger partial charge >= 0.3 is 0 Å². The van der Waals surface area contributed by atoms with Crippen LogP contribution in [0.1, 0.15) is 12.6 Å². The topological polar surface area (TPSA) is 32.3 Å². The van der Waals surface area contributed by atoms with E-state index in [0.717, 1.165) is 44.2 Å². The molecule has 0 saturated carbocycles. The third-order valence-electron chi connectivity index (χ3n) is 3.97. The van der Waals surface area contributed by atoms with Gasteiger partial charge in [0.2, 0.25) is 0 Å². The highest BCUT2D eigenvalue weighted by atomic mass is 15.3. The first-order valence-electron chi connectivity index (χ1n) is 6.99. The number of piperazine rings is 1. The zero-order chi connectivity index (χ0) is 13.2. The van der Waals surface area contributed by atoms with Gasteiger partial charge in [-0.05, 0) is 13.5 Å². The monoisotopic (exact) mass is 256 g/mol. The number of benzene rings is 1. The van der Waals surface area contributed by atoms with E-state index >= 15 is 0 Å². The minimum absolute atomic E-state index is 1.01. The average molecular weight is 256 g/mol. The number of anilines is 1. The molecule has 1 aliphatic heterocycles. The van der Waals surface area contributed by atoms with E-state index in [1.165, 1.54) is 10.8 Å². The van der Waals surface area contributed by atoms with Crippen LogP contribution in [-0.4, -0.2) is 47.8 Å². The van der Waals surface area contributed by atoms with Crippen molar-refractivity contribution in [3.05, 3.63) is 30.0 Å². The van der Waals surface area contributed by atoms with Crippen molar-refractivity contribution in [2.45, 2.75) is 13.8 Å². The minimum atomic E-state index is 1.01. The van der Waals surface area contributed by atoms with Gasteiger partial charge in [0, 0.05) is 37.0 Å². The molecular formula is C15H20N4. The summed E-state index contributed by atoms with van der Waals surface area (Å²) in [4.78, 5) is 4.83. The molecule has 1 aromatic heterocycles. The van der Waals surface area contributed by atoms with Crippen LogP contribution in [0.25, 0.3) is 10.8 Å². The molecule has 0 unspecified atom stereocenters. The van der Waals surface area contributed by atoms with Crippen molar-refractivity contribution in [3.8, 4) is 0 Å². The maximum Gasteiger partial charge on any atom is 0.159 e. The number of hydrogen-bond acceptors (Lipinski definition) is 4. The van der Waals surface area contributed by atoms with Gasteiger partial charge < -0.3 is 9.80 Å². The zero-order valence-corrected chi connectivity index (χ0v) is 11.6. The molecule has 2 aromatic rings. The molecule has 4 nitrogen and oxygen atoms in total. The summed E-state index contributed by atoms with van der Waals surface area (Å²) in [6.45, 7) is 9.67. The second-order valence-electron chi connectivity index (χ2n) is 5.08. The van der Waals surface area contributed by atoms with Gasteiger partial charge in [0.1, 0.15) is 0 Å². The Morgan fingerprint density at radius 1 is 1.00 bits per heavy atom. The molecule has 3 rings (SSSR count). The van der Waals surface area contributed by atoms with Crippen LogP contribution in [0.3, 0.4) is 0 Å². The first-order valence-corrected chi connectivity index (χ1v) is 6.99. The molecule has 0 bridgehead atoms. The van der Waals surface area contributed by atoms with Crippen molar-refractivity contribution >= 4 is 16.6 Å². The van der Waals surface area contributed by atoms with Crippen molar-refractivity contribution in [2.24, 2.45) is 0 Å². The quantitative estimate of drug-likeness (QED) is 0.823. The fourth-order valence-electron chi connectivity index (χ4n) is 2.73. The molecule has 1 fully saturated rings. The second-order valence-corrected chi connectivity index (χ2v) is 5.08. The zero-order valence-electron chi connectivity index (χ0n) is 11.6. The van der Waals surface area contributed by atoms with Crippen molar-refractivity contribution in [1.29, 1.82) is 0 Å². The van der Waals surface area contributed by atoms with E-state index in [1.54, 1.807) is 0 Å². The maximum atomic E-state index is 4.44. The molecule has 0 spiro atoms. The molecule has 0 radical (unpaired) electrons. The lowest BCUT2D eigenvalue weighted by atomic mass is 10.1. The number of likely N-dealkylation sites (N-methyl/N-ethyl adjacent to an activating group) is 1. The number of aryl methyl sites for hydroxylation is 1. The molecule has 19 heavy (non-hydrogen) atoms. The maximum absolute atomic E-state index is 4.44. The predicted octanol–water partition coefficient (Wildman–Crippen LogP) is 2.08. The summed E-state index contributed by atoms with van der Waals surface area (Å²) in [6, 6.07) is 8.43. The van der Waals surface area contributed by atoms with Crippen LogP contribution in [0.5, 0.6) is 0 Å². The van der Waals surface area contributed by atoms with E-state index in [1.807, 2.05) is 6.92 Å². The largest absolute Gasteiger partial charge is 0.352 e. The molecule has 0 N–H and O–H groups in total. The second kappa shape index (κ2) is 5.13. The number of aromatic nitrogens is 2. The third kappa shape index (κ3) is 2.28. The molecule has 0 amide bonds. The standard InChI is InChI=1S/C15H20N4/c1-3-18-8-10-19(11-9-18)15-14-7-5-4-6-13(14)12(2)16-17-15/h4-7H,3,8-11H2,1-2H3. The molecule has 0 aliphatic carbocycles. The summed E-state index contributed by atoms with van der Waals surface area (Å²) in [5.74, 6) is 1.04. The molecule has 0 atom stereocenters. The molecule has 1 aromatic carbocycles. The van der Waals surface area contributed by atoms with Crippen LogP contribution in [0.2, 0.25) is 0 Å². The van der Waals surface area contributed by atoms with Crippen LogP contribution in [-0.2, 0) is 0 Å². The van der Waals surface area contributed by atoms with E-state index in [2.05, 4.69) is 51.2 Å². The Bertz CT molecular complexity index is 573. The minimum Gasteiger partial charge on any atom is -0.352 e. The van der Waals surface area contributed by atoms with Crippen LogP contribution in [0, 0.1) is 6.92 Å². The van der Waals surface area contributed by atoms with Crippen molar-refractivity contribution < 1.29 is 0 Å². The van der Waals surface area contributed by atoms with Gasteiger partial charge in [0.15, 0.2) is 5.82 Å². The van der Waals surface area contributed by atoms with Gasteiger partial charge in [-0.15, -0.1) is 5.10 Å². The van der Waals surface area contributed by atoms with Crippen molar-refractivity contribution in [2.75, 3.05) is 37.6 Å². The Balaban J connectivity index is 1.95. The average Bonchev–Trinajstić information content (AvgIpc) is 2.48. The summed E-state index contributed by atoms with van der Waals surface area (Å²) >= 11 is 0.